The Balaban J connectivity index is 2.68. The zero-order valence-corrected chi connectivity index (χ0v) is 8.98. The van der Waals surface area contributed by atoms with Crippen LogP contribution in [0.3, 0.4) is 0 Å². The Morgan fingerprint density at radius 1 is 1.46 bits per heavy atom. The highest BCUT2D eigenvalue weighted by molar-refractivity contribution is 14.1. The minimum absolute atomic E-state index is 0.0973. The highest BCUT2D eigenvalue weighted by Gasteiger charge is 2.02. The lowest BCUT2D eigenvalue weighted by Gasteiger charge is -2.01. The second kappa shape index (κ2) is 4.45. The summed E-state index contributed by atoms with van der Waals surface area (Å²) in [5.74, 6) is -0.610. The molecule has 70 valence electrons. The van der Waals surface area contributed by atoms with Gasteiger partial charge in [-0.3, -0.25) is 4.79 Å². The fraction of sp³-hybridized carbons (Fsp3) is 0.222. The molecule has 4 heteroatoms. The van der Waals surface area contributed by atoms with Crippen LogP contribution in [-0.4, -0.2) is 16.2 Å². The van der Waals surface area contributed by atoms with Gasteiger partial charge in [-0.25, -0.2) is 0 Å². The van der Waals surface area contributed by atoms with Crippen molar-refractivity contribution in [2.75, 3.05) is 0 Å². The first kappa shape index (κ1) is 10.3. The van der Waals surface area contributed by atoms with Gasteiger partial charge in [0.1, 0.15) is 5.75 Å². The highest BCUT2D eigenvalue weighted by atomic mass is 127. The zero-order chi connectivity index (χ0) is 9.84. The number of aliphatic carboxylic acids is 1. The van der Waals surface area contributed by atoms with Crippen molar-refractivity contribution < 1.29 is 15.0 Å². The molecule has 13 heavy (non-hydrogen) atoms. The zero-order valence-electron chi connectivity index (χ0n) is 6.83. The number of phenolic OH excluding ortho intramolecular Hbond substituents is 1. The first-order chi connectivity index (χ1) is 6.09. The number of aromatic hydroxyl groups is 1. The second-order valence-corrected chi connectivity index (χ2v) is 3.84. The van der Waals surface area contributed by atoms with Gasteiger partial charge < -0.3 is 10.2 Å². The number of hydrogen-bond donors (Lipinski definition) is 2. The molecule has 2 N–H and O–H groups in total. The lowest BCUT2D eigenvalue weighted by Crippen LogP contribution is -1.97. The second-order valence-electron chi connectivity index (χ2n) is 2.68. The van der Waals surface area contributed by atoms with Gasteiger partial charge in [0.2, 0.25) is 0 Å². The van der Waals surface area contributed by atoms with Crippen molar-refractivity contribution >= 4 is 28.6 Å². The summed E-state index contributed by atoms with van der Waals surface area (Å²) in [6.45, 7) is 0. The number of halogens is 1. The summed E-state index contributed by atoms with van der Waals surface area (Å²) >= 11 is 2.02. The Morgan fingerprint density at radius 2 is 2.15 bits per heavy atom. The number of benzene rings is 1. The molecule has 0 saturated carbocycles. The van der Waals surface area contributed by atoms with Crippen LogP contribution >= 0.6 is 22.6 Å². The monoisotopic (exact) mass is 292 g/mol. The van der Waals surface area contributed by atoms with Crippen LogP contribution in [0, 0.1) is 3.57 Å². The van der Waals surface area contributed by atoms with Gasteiger partial charge in [-0.05, 0) is 46.7 Å². The van der Waals surface area contributed by atoms with Crippen LogP contribution in [0.2, 0.25) is 0 Å². The lowest BCUT2D eigenvalue weighted by molar-refractivity contribution is -0.136. The normalized spacial score (nSPS) is 9.92. The molecule has 0 atom stereocenters. The van der Waals surface area contributed by atoms with Crippen molar-refractivity contribution in [3.8, 4) is 5.75 Å². The first-order valence-electron chi connectivity index (χ1n) is 3.79. The van der Waals surface area contributed by atoms with Gasteiger partial charge in [0.15, 0.2) is 0 Å². The van der Waals surface area contributed by atoms with Crippen molar-refractivity contribution in [2.24, 2.45) is 0 Å². The molecular weight excluding hydrogens is 283 g/mol. The van der Waals surface area contributed by atoms with Crippen LogP contribution in [-0.2, 0) is 11.2 Å². The molecular formula is C9H9IO3. The van der Waals surface area contributed by atoms with Crippen LogP contribution in [0.1, 0.15) is 12.0 Å². The van der Waals surface area contributed by atoms with E-state index in [1.54, 1.807) is 12.1 Å². The summed E-state index contributed by atoms with van der Waals surface area (Å²) in [7, 11) is 0. The van der Waals surface area contributed by atoms with E-state index in [1.165, 1.54) is 0 Å². The Bertz CT molecular complexity index is 323. The van der Waals surface area contributed by atoms with Crippen LogP contribution < -0.4 is 0 Å². The van der Waals surface area contributed by atoms with Gasteiger partial charge in [0.25, 0.3) is 0 Å². The Labute approximate surface area is 89.5 Å². The summed E-state index contributed by atoms with van der Waals surface area (Å²) in [6, 6.07) is 5.20. The molecule has 0 amide bonds. The Hall–Kier alpha value is -0.780. The third kappa shape index (κ3) is 3.22. The molecule has 0 aromatic heterocycles. The topological polar surface area (TPSA) is 57.5 Å². The number of aryl methyl sites for hydroxylation is 1. The summed E-state index contributed by atoms with van der Waals surface area (Å²) in [4.78, 5) is 10.3. The van der Waals surface area contributed by atoms with Crippen LogP contribution in [0.5, 0.6) is 5.75 Å². The standard InChI is InChI=1S/C9H9IO3/c10-7-3-1-6(5-8(7)11)2-4-9(12)13/h1,3,5,11H,2,4H2,(H,12,13). The van der Waals surface area contributed by atoms with Crippen molar-refractivity contribution in [3.05, 3.63) is 27.3 Å². The number of carboxylic acids is 1. The van der Waals surface area contributed by atoms with E-state index in [0.717, 1.165) is 9.13 Å². The van der Waals surface area contributed by atoms with Gasteiger partial charge >= 0.3 is 5.97 Å². The third-order valence-electron chi connectivity index (χ3n) is 1.64. The molecule has 0 radical (unpaired) electrons. The van der Waals surface area contributed by atoms with E-state index in [1.807, 2.05) is 28.7 Å². The predicted molar refractivity (Wildman–Crippen MR) is 56.8 cm³/mol. The molecule has 0 heterocycles. The largest absolute Gasteiger partial charge is 0.507 e. The fourth-order valence-electron chi connectivity index (χ4n) is 0.965. The quantitative estimate of drug-likeness (QED) is 0.838. The maximum absolute atomic E-state index is 10.3. The minimum atomic E-state index is -0.821. The fourth-order valence-corrected chi connectivity index (χ4v) is 1.30. The maximum Gasteiger partial charge on any atom is 0.303 e. The predicted octanol–water partition coefficient (Wildman–Crippen LogP) is 2.01. The van der Waals surface area contributed by atoms with Gasteiger partial charge in [0, 0.05) is 6.42 Å². The summed E-state index contributed by atoms with van der Waals surface area (Å²) in [5, 5.41) is 17.7. The van der Waals surface area contributed by atoms with Crippen molar-refractivity contribution in [2.45, 2.75) is 12.8 Å². The average molecular weight is 292 g/mol. The van der Waals surface area contributed by atoms with E-state index < -0.39 is 5.97 Å². The molecule has 1 aromatic carbocycles. The molecule has 0 aliphatic rings. The smallest absolute Gasteiger partial charge is 0.303 e. The van der Waals surface area contributed by atoms with E-state index in [0.29, 0.717) is 6.42 Å². The van der Waals surface area contributed by atoms with Crippen LogP contribution in [0.4, 0.5) is 0 Å². The number of phenols is 1. The van der Waals surface area contributed by atoms with Crippen molar-refractivity contribution in [1.82, 2.24) is 0 Å². The maximum atomic E-state index is 10.3. The Morgan fingerprint density at radius 3 is 2.69 bits per heavy atom. The molecule has 0 spiro atoms. The third-order valence-corrected chi connectivity index (χ3v) is 2.55. The van der Waals surface area contributed by atoms with Crippen LogP contribution in [0.15, 0.2) is 18.2 Å². The van der Waals surface area contributed by atoms with Gasteiger partial charge in [-0.15, -0.1) is 0 Å². The lowest BCUT2D eigenvalue weighted by atomic mass is 10.1. The molecule has 0 unspecified atom stereocenters. The molecule has 1 aromatic rings. The minimum Gasteiger partial charge on any atom is -0.507 e. The summed E-state index contributed by atoms with van der Waals surface area (Å²) in [6.07, 6.45) is 0.555. The number of rotatable bonds is 3. The first-order valence-corrected chi connectivity index (χ1v) is 4.86. The molecule has 0 fully saturated rings. The van der Waals surface area contributed by atoms with E-state index in [4.69, 9.17) is 5.11 Å². The summed E-state index contributed by atoms with van der Waals surface area (Å²) < 4.78 is 0.775. The van der Waals surface area contributed by atoms with Gasteiger partial charge in [-0.1, -0.05) is 6.07 Å². The number of carbonyl (C=O) groups is 1. The number of carboxylic acid groups (broad SMARTS) is 1. The van der Waals surface area contributed by atoms with E-state index in [-0.39, 0.29) is 12.2 Å². The molecule has 3 nitrogen and oxygen atoms in total. The molecule has 0 aliphatic heterocycles. The SMILES string of the molecule is O=C(O)CCc1ccc(I)c(O)c1. The average Bonchev–Trinajstić information content (AvgIpc) is 2.07. The van der Waals surface area contributed by atoms with Gasteiger partial charge in [0.05, 0.1) is 3.57 Å². The molecule has 1 rings (SSSR count). The van der Waals surface area contributed by atoms with E-state index in [9.17, 15) is 9.90 Å². The van der Waals surface area contributed by atoms with E-state index >= 15 is 0 Å². The number of hydrogen-bond acceptors (Lipinski definition) is 2. The summed E-state index contributed by atoms with van der Waals surface area (Å²) in [5.41, 5.74) is 0.848. The molecule has 0 aliphatic carbocycles. The van der Waals surface area contributed by atoms with Crippen LogP contribution in [0.25, 0.3) is 0 Å². The van der Waals surface area contributed by atoms with E-state index in [2.05, 4.69) is 0 Å². The van der Waals surface area contributed by atoms with Crippen molar-refractivity contribution in [1.29, 1.82) is 0 Å². The highest BCUT2D eigenvalue weighted by Crippen LogP contribution is 2.20. The molecule has 0 bridgehead atoms. The van der Waals surface area contributed by atoms with Crippen molar-refractivity contribution in [3.63, 3.8) is 0 Å². The Kier molecular flexibility index (Phi) is 3.53. The van der Waals surface area contributed by atoms with Gasteiger partial charge in [-0.2, -0.15) is 0 Å². The molecule has 0 saturated heterocycles.